The van der Waals surface area contributed by atoms with E-state index in [0.29, 0.717) is 17.1 Å². The van der Waals surface area contributed by atoms with Crippen molar-refractivity contribution in [3.05, 3.63) is 78.4 Å². The van der Waals surface area contributed by atoms with Crippen LogP contribution < -0.4 is 5.32 Å². The molecular weight excluding hydrogens is 578 g/mol. The van der Waals surface area contributed by atoms with E-state index < -0.39 is 0 Å². The molecule has 0 saturated heterocycles. The average Bonchev–Trinajstić information content (AvgIpc) is 3.08. The molecule has 0 aliphatic rings. The van der Waals surface area contributed by atoms with Crippen LogP contribution in [0.15, 0.2) is 59.0 Å². The molecule has 1 N–H and O–H groups in total. The molecule has 0 bridgehead atoms. The number of nitrogens with one attached hydrogen (secondary N) is 1. The van der Waals surface area contributed by atoms with E-state index in [1.807, 2.05) is 62.4 Å². The Morgan fingerprint density at radius 3 is 2.68 bits per heavy atom. The van der Waals surface area contributed by atoms with Gasteiger partial charge in [0.05, 0.1) is 5.56 Å². The number of carbonyl (C=O) groups is 1. The van der Waals surface area contributed by atoms with Crippen molar-refractivity contribution in [2.24, 2.45) is 0 Å². The molecule has 4 aromatic rings. The van der Waals surface area contributed by atoms with Gasteiger partial charge in [-0.15, -0.1) is 0 Å². The zero-order valence-corrected chi connectivity index (χ0v) is 19.5. The first-order valence-electron chi connectivity index (χ1n) is 8.65. The lowest BCUT2D eigenvalue weighted by Gasteiger charge is -2.08. The minimum atomic E-state index is -0.135. The zero-order valence-electron chi connectivity index (χ0n) is 15.2. The predicted octanol–water partition coefficient (Wildman–Crippen LogP) is 6.57. The average molecular weight is 594 g/mol. The molecule has 1 amide bonds. The van der Waals surface area contributed by atoms with Crippen LogP contribution in [0.1, 0.15) is 21.5 Å². The lowest BCUT2D eigenvalue weighted by Crippen LogP contribution is -2.13. The van der Waals surface area contributed by atoms with Gasteiger partial charge in [0.15, 0.2) is 5.58 Å². The highest BCUT2D eigenvalue weighted by molar-refractivity contribution is 14.1. The Kier molecular flexibility index (Phi) is 5.42. The van der Waals surface area contributed by atoms with E-state index in [9.17, 15) is 4.79 Å². The van der Waals surface area contributed by atoms with E-state index in [0.717, 1.165) is 34.9 Å². The molecular formula is C22H16I2N2O2. The quantitative estimate of drug-likeness (QED) is 0.273. The fourth-order valence-electron chi connectivity index (χ4n) is 3.10. The van der Waals surface area contributed by atoms with Crippen LogP contribution >= 0.6 is 45.2 Å². The first kappa shape index (κ1) is 19.4. The molecule has 0 fully saturated rings. The van der Waals surface area contributed by atoms with Gasteiger partial charge in [0, 0.05) is 18.4 Å². The molecule has 4 rings (SSSR count). The summed E-state index contributed by atoms with van der Waals surface area (Å²) in [6, 6.07) is 17.5. The molecule has 28 heavy (non-hydrogen) atoms. The van der Waals surface area contributed by atoms with Gasteiger partial charge in [0.2, 0.25) is 5.89 Å². The second-order valence-corrected chi connectivity index (χ2v) is 9.02. The van der Waals surface area contributed by atoms with Crippen molar-refractivity contribution in [3.8, 4) is 11.5 Å². The van der Waals surface area contributed by atoms with Gasteiger partial charge in [-0.3, -0.25) is 4.79 Å². The van der Waals surface area contributed by atoms with Gasteiger partial charge in [0.25, 0.3) is 5.91 Å². The molecule has 0 aliphatic carbocycles. The van der Waals surface area contributed by atoms with Gasteiger partial charge in [0.1, 0.15) is 5.52 Å². The number of fused-ring (bicyclic) bond motifs is 1. The molecule has 0 aliphatic heterocycles. The van der Waals surface area contributed by atoms with Gasteiger partial charge in [-0.05, 0) is 113 Å². The van der Waals surface area contributed by atoms with Gasteiger partial charge in [-0.25, -0.2) is 4.98 Å². The van der Waals surface area contributed by atoms with Crippen LogP contribution in [-0.4, -0.2) is 10.9 Å². The standard InChI is InChI=1S/C22H16I2N2O2/c1-12-8-13(2)20-19(9-12)26-22(28-20)14-4-3-5-16(10-14)25-21(27)17-11-15(23)6-7-18(17)24/h3-11H,1-2H3,(H,25,27). The SMILES string of the molecule is Cc1cc(C)c2oc(-c3cccc(NC(=O)c4cc(I)ccc4I)c3)nc2c1. The van der Waals surface area contributed by atoms with E-state index in [1.54, 1.807) is 0 Å². The highest BCUT2D eigenvalue weighted by Gasteiger charge is 2.14. The number of nitrogens with zero attached hydrogens (tertiary/aromatic N) is 1. The monoisotopic (exact) mass is 594 g/mol. The first-order chi connectivity index (χ1) is 13.4. The maximum Gasteiger partial charge on any atom is 0.256 e. The molecule has 6 heteroatoms. The molecule has 0 radical (unpaired) electrons. The number of hydrogen-bond acceptors (Lipinski definition) is 3. The Morgan fingerprint density at radius 1 is 1.04 bits per heavy atom. The van der Waals surface area contributed by atoms with Crippen molar-refractivity contribution in [1.82, 2.24) is 4.98 Å². The number of carbonyl (C=O) groups excluding carboxylic acids is 1. The lowest BCUT2D eigenvalue weighted by molar-refractivity contribution is 0.102. The third-order valence-corrected chi connectivity index (χ3v) is 5.97. The highest BCUT2D eigenvalue weighted by atomic mass is 127. The molecule has 4 nitrogen and oxygen atoms in total. The van der Waals surface area contributed by atoms with E-state index >= 15 is 0 Å². The molecule has 0 saturated carbocycles. The molecule has 3 aromatic carbocycles. The number of halogens is 2. The van der Waals surface area contributed by atoms with Gasteiger partial charge < -0.3 is 9.73 Å². The Bertz CT molecular complexity index is 1210. The summed E-state index contributed by atoms with van der Waals surface area (Å²) in [5, 5.41) is 2.97. The van der Waals surface area contributed by atoms with Crippen LogP contribution in [-0.2, 0) is 0 Å². The molecule has 140 valence electrons. The highest BCUT2D eigenvalue weighted by Crippen LogP contribution is 2.29. The fraction of sp³-hybridized carbons (Fsp3) is 0.0909. The summed E-state index contributed by atoms with van der Waals surface area (Å²) in [5.74, 6) is 0.410. The summed E-state index contributed by atoms with van der Waals surface area (Å²) >= 11 is 4.38. The molecule has 0 unspecified atom stereocenters. The van der Waals surface area contributed by atoms with Crippen LogP contribution in [0.3, 0.4) is 0 Å². The van der Waals surface area contributed by atoms with Crippen molar-refractivity contribution in [2.75, 3.05) is 5.32 Å². The Hall–Kier alpha value is -1.94. The summed E-state index contributed by atoms with van der Waals surface area (Å²) < 4.78 is 7.93. The molecule has 0 spiro atoms. The third-order valence-electron chi connectivity index (χ3n) is 4.36. The largest absolute Gasteiger partial charge is 0.436 e. The number of hydrogen-bond donors (Lipinski definition) is 1. The molecule has 1 aromatic heterocycles. The van der Waals surface area contributed by atoms with Crippen LogP contribution in [0.25, 0.3) is 22.6 Å². The number of anilines is 1. The molecule has 0 atom stereocenters. The van der Waals surface area contributed by atoms with Crippen molar-refractivity contribution in [3.63, 3.8) is 0 Å². The van der Waals surface area contributed by atoms with Crippen LogP contribution in [0.2, 0.25) is 0 Å². The van der Waals surface area contributed by atoms with Crippen molar-refractivity contribution in [2.45, 2.75) is 13.8 Å². The summed E-state index contributed by atoms with van der Waals surface area (Å²) in [5.41, 5.74) is 6.03. The van der Waals surface area contributed by atoms with E-state index in [-0.39, 0.29) is 5.91 Å². The van der Waals surface area contributed by atoms with Crippen LogP contribution in [0.5, 0.6) is 0 Å². The minimum Gasteiger partial charge on any atom is -0.436 e. The zero-order chi connectivity index (χ0) is 19.8. The summed E-state index contributed by atoms with van der Waals surface area (Å²) in [6.45, 7) is 4.06. The predicted molar refractivity (Wildman–Crippen MR) is 129 cm³/mol. The first-order valence-corrected chi connectivity index (χ1v) is 10.8. The van der Waals surface area contributed by atoms with E-state index in [1.165, 1.54) is 0 Å². The van der Waals surface area contributed by atoms with Gasteiger partial charge in [-0.1, -0.05) is 12.1 Å². The number of amides is 1. The third kappa shape index (κ3) is 3.93. The smallest absolute Gasteiger partial charge is 0.256 e. The summed E-state index contributed by atoms with van der Waals surface area (Å²) in [4.78, 5) is 17.3. The van der Waals surface area contributed by atoms with Crippen LogP contribution in [0, 0.1) is 21.0 Å². The van der Waals surface area contributed by atoms with Gasteiger partial charge >= 0.3 is 0 Å². The number of oxazole rings is 1. The Balaban J connectivity index is 1.66. The number of benzene rings is 3. The fourth-order valence-corrected chi connectivity index (χ4v) is 4.17. The Morgan fingerprint density at radius 2 is 1.86 bits per heavy atom. The number of aromatic nitrogens is 1. The lowest BCUT2D eigenvalue weighted by atomic mass is 10.1. The summed E-state index contributed by atoms with van der Waals surface area (Å²) in [6.07, 6.45) is 0. The van der Waals surface area contributed by atoms with Crippen LogP contribution in [0.4, 0.5) is 5.69 Å². The van der Waals surface area contributed by atoms with Crippen molar-refractivity contribution >= 4 is 67.9 Å². The normalized spacial score (nSPS) is 11.0. The molecule has 1 heterocycles. The van der Waals surface area contributed by atoms with Gasteiger partial charge in [-0.2, -0.15) is 0 Å². The topological polar surface area (TPSA) is 55.1 Å². The minimum absolute atomic E-state index is 0.135. The van der Waals surface area contributed by atoms with E-state index in [4.69, 9.17) is 4.42 Å². The number of aryl methyl sites for hydroxylation is 2. The maximum atomic E-state index is 12.7. The second kappa shape index (κ2) is 7.82. The Labute approximate surface area is 190 Å². The van der Waals surface area contributed by atoms with Crippen molar-refractivity contribution < 1.29 is 9.21 Å². The number of rotatable bonds is 3. The second-order valence-electron chi connectivity index (χ2n) is 6.61. The van der Waals surface area contributed by atoms with Crippen molar-refractivity contribution in [1.29, 1.82) is 0 Å². The maximum absolute atomic E-state index is 12.7. The summed E-state index contributed by atoms with van der Waals surface area (Å²) in [7, 11) is 0. The van der Waals surface area contributed by atoms with E-state index in [2.05, 4.69) is 61.5 Å².